The smallest absolute Gasteiger partial charge is 0.227 e. The summed E-state index contributed by atoms with van der Waals surface area (Å²) in [5, 5.41) is 0. The molecule has 0 saturated carbocycles. The molecule has 0 radical (unpaired) electrons. The summed E-state index contributed by atoms with van der Waals surface area (Å²) in [4.78, 5) is 14.0. The predicted molar refractivity (Wildman–Crippen MR) is 71.5 cm³/mol. The number of allylic oxidation sites excluding steroid dienone is 3. The van der Waals surface area contributed by atoms with Crippen molar-refractivity contribution in [2.24, 2.45) is 11.1 Å². The molecule has 1 amide bonds. The summed E-state index contributed by atoms with van der Waals surface area (Å²) in [5.74, 6) is -0.197. The third-order valence-electron chi connectivity index (χ3n) is 3.63. The summed E-state index contributed by atoms with van der Waals surface area (Å²) in [7, 11) is 0. The zero-order valence-corrected chi connectivity index (χ0v) is 11.0. The second-order valence-corrected chi connectivity index (χ2v) is 4.64. The van der Waals surface area contributed by atoms with Crippen LogP contribution >= 0.6 is 0 Å². The van der Waals surface area contributed by atoms with Gasteiger partial charge in [-0.25, -0.2) is 0 Å². The molecule has 17 heavy (non-hydrogen) atoms. The molecule has 0 aromatic carbocycles. The Morgan fingerprint density at radius 3 is 2.53 bits per heavy atom. The highest BCUT2D eigenvalue weighted by atomic mass is 16.1. The number of nitrogens with zero attached hydrogens (tertiary/aromatic N) is 1. The SMILES string of the molecule is CCN(CC)CCCC1(C(N)=O)C=CC=CC1. The first-order valence-electron chi connectivity index (χ1n) is 6.51. The van der Waals surface area contributed by atoms with Crippen LogP contribution in [0.3, 0.4) is 0 Å². The highest BCUT2D eigenvalue weighted by Crippen LogP contribution is 2.32. The normalized spacial score (nSPS) is 23.2. The molecule has 0 aliphatic heterocycles. The Hall–Kier alpha value is -1.09. The first-order valence-corrected chi connectivity index (χ1v) is 6.51. The van der Waals surface area contributed by atoms with E-state index in [1.165, 1.54) is 0 Å². The number of primary amides is 1. The van der Waals surface area contributed by atoms with Crippen LogP contribution in [-0.2, 0) is 4.79 Å². The van der Waals surface area contributed by atoms with E-state index >= 15 is 0 Å². The minimum Gasteiger partial charge on any atom is -0.369 e. The molecule has 1 aliphatic rings. The van der Waals surface area contributed by atoms with Crippen LogP contribution in [-0.4, -0.2) is 30.4 Å². The summed E-state index contributed by atoms with van der Waals surface area (Å²) >= 11 is 0. The van der Waals surface area contributed by atoms with Gasteiger partial charge in [0.15, 0.2) is 0 Å². The highest BCUT2D eigenvalue weighted by molar-refractivity contribution is 5.83. The van der Waals surface area contributed by atoms with Crippen LogP contribution in [0.25, 0.3) is 0 Å². The fraction of sp³-hybridized carbons (Fsp3) is 0.643. The fourth-order valence-electron chi connectivity index (χ4n) is 2.31. The molecule has 96 valence electrons. The van der Waals surface area contributed by atoms with Gasteiger partial charge in [0, 0.05) is 0 Å². The number of carbonyl (C=O) groups excluding carboxylic acids is 1. The van der Waals surface area contributed by atoms with Gasteiger partial charge < -0.3 is 10.6 Å². The Morgan fingerprint density at radius 1 is 1.35 bits per heavy atom. The molecule has 1 aliphatic carbocycles. The molecule has 0 spiro atoms. The molecule has 0 aromatic heterocycles. The van der Waals surface area contributed by atoms with Crippen LogP contribution in [0, 0.1) is 5.41 Å². The van der Waals surface area contributed by atoms with Gasteiger partial charge in [-0.3, -0.25) is 4.79 Å². The monoisotopic (exact) mass is 236 g/mol. The van der Waals surface area contributed by atoms with E-state index in [9.17, 15) is 4.79 Å². The lowest BCUT2D eigenvalue weighted by atomic mass is 9.77. The molecular weight excluding hydrogens is 212 g/mol. The number of hydrogen-bond acceptors (Lipinski definition) is 2. The van der Waals surface area contributed by atoms with Gasteiger partial charge in [0.05, 0.1) is 5.41 Å². The third-order valence-corrected chi connectivity index (χ3v) is 3.63. The van der Waals surface area contributed by atoms with Gasteiger partial charge >= 0.3 is 0 Å². The van der Waals surface area contributed by atoms with Crippen molar-refractivity contribution in [1.82, 2.24) is 4.90 Å². The average molecular weight is 236 g/mol. The zero-order chi connectivity index (χ0) is 12.7. The molecular formula is C14H24N2O. The van der Waals surface area contributed by atoms with Gasteiger partial charge in [0.25, 0.3) is 0 Å². The van der Waals surface area contributed by atoms with Crippen molar-refractivity contribution in [3.63, 3.8) is 0 Å². The van der Waals surface area contributed by atoms with Gasteiger partial charge in [0.1, 0.15) is 0 Å². The molecule has 1 atom stereocenters. The maximum absolute atomic E-state index is 11.6. The van der Waals surface area contributed by atoms with E-state index in [2.05, 4.69) is 18.7 Å². The van der Waals surface area contributed by atoms with Gasteiger partial charge in [0.2, 0.25) is 5.91 Å². The Kier molecular flexibility index (Phi) is 5.42. The molecule has 0 bridgehead atoms. The Labute approximate surface area is 104 Å². The number of rotatable bonds is 7. The lowest BCUT2D eigenvalue weighted by Gasteiger charge is -2.29. The van der Waals surface area contributed by atoms with E-state index in [0.717, 1.165) is 38.9 Å². The fourth-order valence-corrected chi connectivity index (χ4v) is 2.31. The van der Waals surface area contributed by atoms with E-state index in [1.54, 1.807) is 0 Å². The molecule has 1 unspecified atom stereocenters. The number of hydrogen-bond donors (Lipinski definition) is 1. The van der Waals surface area contributed by atoms with Gasteiger partial charge in [-0.2, -0.15) is 0 Å². The predicted octanol–water partition coefficient (Wildman–Crippen LogP) is 2.10. The standard InChI is InChI=1S/C14H24N2O/c1-3-16(4-2)12-8-11-14(13(15)17)9-6-5-7-10-14/h5-7,9H,3-4,8,10-12H2,1-2H3,(H2,15,17). The van der Waals surface area contributed by atoms with Crippen molar-refractivity contribution >= 4 is 5.91 Å². The van der Waals surface area contributed by atoms with E-state index < -0.39 is 5.41 Å². The van der Waals surface area contributed by atoms with E-state index in [-0.39, 0.29) is 5.91 Å². The highest BCUT2D eigenvalue weighted by Gasteiger charge is 2.32. The second kappa shape index (κ2) is 6.60. The number of nitrogens with two attached hydrogens (primary N) is 1. The molecule has 3 heteroatoms. The van der Waals surface area contributed by atoms with Crippen LogP contribution in [0.5, 0.6) is 0 Å². The van der Waals surface area contributed by atoms with E-state index in [0.29, 0.717) is 0 Å². The molecule has 0 saturated heterocycles. The molecule has 3 nitrogen and oxygen atoms in total. The van der Waals surface area contributed by atoms with Crippen molar-refractivity contribution in [2.75, 3.05) is 19.6 Å². The summed E-state index contributed by atoms with van der Waals surface area (Å²) in [6.45, 7) is 7.50. The van der Waals surface area contributed by atoms with Crippen molar-refractivity contribution in [2.45, 2.75) is 33.1 Å². The van der Waals surface area contributed by atoms with Crippen molar-refractivity contribution < 1.29 is 4.79 Å². The first kappa shape index (κ1) is 14.0. The Balaban J connectivity index is 2.49. The van der Waals surface area contributed by atoms with Crippen molar-refractivity contribution in [3.8, 4) is 0 Å². The first-order chi connectivity index (χ1) is 8.14. The van der Waals surface area contributed by atoms with E-state index in [4.69, 9.17) is 5.73 Å². The van der Waals surface area contributed by atoms with Crippen LogP contribution in [0.1, 0.15) is 33.1 Å². The summed E-state index contributed by atoms with van der Waals surface area (Å²) in [6.07, 6.45) is 10.5. The van der Waals surface area contributed by atoms with Gasteiger partial charge in [-0.05, 0) is 38.9 Å². The Morgan fingerprint density at radius 2 is 2.06 bits per heavy atom. The van der Waals surface area contributed by atoms with Crippen LogP contribution in [0.2, 0.25) is 0 Å². The van der Waals surface area contributed by atoms with Crippen LogP contribution < -0.4 is 5.73 Å². The molecule has 0 aromatic rings. The molecule has 2 N–H and O–H groups in total. The van der Waals surface area contributed by atoms with Crippen LogP contribution in [0.15, 0.2) is 24.3 Å². The lowest BCUT2D eigenvalue weighted by Crippen LogP contribution is -2.36. The largest absolute Gasteiger partial charge is 0.369 e. The minimum absolute atomic E-state index is 0.197. The minimum atomic E-state index is -0.443. The topological polar surface area (TPSA) is 46.3 Å². The quantitative estimate of drug-likeness (QED) is 0.735. The van der Waals surface area contributed by atoms with E-state index in [1.807, 2.05) is 24.3 Å². The number of amides is 1. The number of carbonyl (C=O) groups is 1. The zero-order valence-electron chi connectivity index (χ0n) is 11.0. The third kappa shape index (κ3) is 3.70. The van der Waals surface area contributed by atoms with Gasteiger partial charge in [-0.15, -0.1) is 0 Å². The molecule has 1 rings (SSSR count). The lowest BCUT2D eigenvalue weighted by molar-refractivity contribution is -0.125. The summed E-state index contributed by atoms with van der Waals surface area (Å²) in [6, 6.07) is 0. The van der Waals surface area contributed by atoms with Gasteiger partial charge in [-0.1, -0.05) is 38.2 Å². The maximum atomic E-state index is 11.6. The average Bonchev–Trinajstić information content (AvgIpc) is 2.35. The summed E-state index contributed by atoms with van der Waals surface area (Å²) in [5.41, 5.74) is 5.10. The molecule has 0 heterocycles. The van der Waals surface area contributed by atoms with Crippen molar-refractivity contribution in [3.05, 3.63) is 24.3 Å². The Bertz CT molecular complexity index is 305. The maximum Gasteiger partial charge on any atom is 0.227 e. The second-order valence-electron chi connectivity index (χ2n) is 4.64. The summed E-state index contributed by atoms with van der Waals surface area (Å²) < 4.78 is 0. The van der Waals surface area contributed by atoms with Crippen LogP contribution in [0.4, 0.5) is 0 Å². The molecule has 0 fully saturated rings. The van der Waals surface area contributed by atoms with Crippen molar-refractivity contribution in [1.29, 1.82) is 0 Å².